The van der Waals surface area contributed by atoms with Gasteiger partial charge in [0.1, 0.15) is 0 Å². The largest absolute Gasteiger partial charge is 0.451 e. The van der Waals surface area contributed by atoms with Crippen molar-refractivity contribution in [3.63, 3.8) is 0 Å². The van der Waals surface area contributed by atoms with E-state index in [9.17, 15) is 13.2 Å². The van der Waals surface area contributed by atoms with E-state index in [4.69, 9.17) is 4.74 Å². The van der Waals surface area contributed by atoms with Crippen LogP contribution in [0.15, 0.2) is 24.5 Å². The summed E-state index contributed by atoms with van der Waals surface area (Å²) in [5.74, 6) is -1.11. The fourth-order valence-corrected chi connectivity index (χ4v) is 2.51. The molecule has 0 amide bonds. The van der Waals surface area contributed by atoms with Gasteiger partial charge < -0.3 is 9.30 Å². The molecule has 120 valence electrons. The maximum absolute atomic E-state index is 12.6. The summed E-state index contributed by atoms with van der Waals surface area (Å²) in [6, 6.07) is 5.17. The van der Waals surface area contributed by atoms with Crippen molar-refractivity contribution in [1.29, 1.82) is 0 Å². The molecule has 1 aromatic carbocycles. The summed E-state index contributed by atoms with van der Waals surface area (Å²) < 4.78 is 45.1. The van der Waals surface area contributed by atoms with Gasteiger partial charge in [-0.1, -0.05) is 0 Å². The van der Waals surface area contributed by atoms with Gasteiger partial charge >= 0.3 is 6.18 Å². The van der Waals surface area contributed by atoms with Gasteiger partial charge in [0.15, 0.2) is 5.82 Å². The first-order valence-corrected chi connectivity index (χ1v) is 7.07. The van der Waals surface area contributed by atoms with Crippen LogP contribution in [0.2, 0.25) is 0 Å². The monoisotopic (exact) mass is 323 g/mol. The van der Waals surface area contributed by atoms with E-state index < -0.39 is 12.0 Å². The van der Waals surface area contributed by atoms with Crippen molar-refractivity contribution < 1.29 is 17.9 Å². The lowest BCUT2D eigenvalue weighted by Gasteiger charge is -2.26. The van der Waals surface area contributed by atoms with Gasteiger partial charge in [-0.15, -0.1) is 0 Å². The number of nitrogens with zero attached hydrogens (tertiary/aromatic N) is 4. The molecule has 6 nitrogen and oxygen atoms in total. The molecule has 1 aliphatic rings. The number of aromatic nitrogens is 5. The molecule has 0 spiro atoms. The molecule has 1 N–H and O–H groups in total. The number of benzene rings is 1. The summed E-state index contributed by atoms with van der Waals surface area (Å²) >= 11 is 0. The Balaban J connectivity index is 1.65. The van der Waals surface area contributed by atoms with Crippen molar-refractivity contribution >= 4 is 11.0 Å². The second-order valence-corrected chi connectivity index (χ2v) is 5.39. The molecule has 0 unspecified atom stereocenters. The average Bonchev–Trinajstić information content (AvgIpc) is 3.09. The first-order valence-electron chi connectivity index (χ1n) is 7.07. The predicted octanol–water partition coefficient (Wildman–Crippen LogP) is 2.63. The summed E-state index contributed by atoms with van der Waals surface area (Å²) in [7, 11) is 0. The van der Waals surface area contributed by atoms with Crippen LogP contribution in [0.3, 0.4) is 0 Å². The van der Waals surface area contributed by atoms with Crippen LogP contribution in [-0.4, -0.2) is 37.4 Å². The molecule has 0 aliphatic carbocycles. The molecular weight excluding hydrogens is 311 g/mol. The fourth-order valence-electron chi connectivity index (χ4n) is 2.51. The molecule has 3 aromatic rings. The Morgan fingerprint density at radius 2 is 2.17 bits per heavy atom. The van der Waals surface area contributed by atoms with Crippen LogP contribution in [-0.2, 0) is 17.5 Å². The molecule has 1 fully saturated rings. The molecule has 0 radical (unpaired) electrons. The SMILES string of the molecule is FC(F)(F)c1nc(-c2ccc3c(c2)ncn3C[C@@H]2CCO2)n[nH]1. The van der Waals surface area contributed by atoms with E-state index in [1.54, 1.807) is 24.5 Å². The van der Waals surface area contributed by atoms with E-state index in [0.717, 1.165) is 18.5 Å². The maximum Gasteiger partial charge on any atom is 0.451 e. The van der Waals surface area contributed by atoms with Crippen molar-refractivity contribution in [3.8, 4) is 11.4 Å². The third-order valence-electron chi connectivity index (χ3n) is 3.83. The summed E-state index contributed by atoms with van der Waals surface area (Å²) in [6.07, 6.45) is -1.61. The number of hydrogen-bond donors (Lipinski definition) is 1. The first kappa shape index (κ1) is 14.2. The van der Waals surface area contributed by atoms with Crippen LogP contribution in [0.1, 0.15) is 12.2 Å². The Hall–Kier alpha value is -2.42. The van der Waals surface area contributed by atoms with Crippen LogP contribution in [0, 0.1) is 0 Å². The zero-order valence-electron chi connectivity index (χ0n) is 11.8. The number of ether oxygens (including phenoxy) is 1. The Bertz CT molecular complexity index is 850. The third kappa shape index (κ3) is 2.56. The van der Waals surface area contributed by atoms with Crippen LogP contribution < -0.4 is 0 Å². The minimum atomic E-state index is -4.54. The molecule has 1 atom stereocenters. The molecule has 3 heterocycles. The zero-order chi connectivity index (χ0) is 16.0. The highest BCUT2D eigenvalue weighted by molar-refractivity contribution is 5.80. The van der Waals surface area contributed by atoms with E-state index in [0.29, 0.717) is 17.6 Å². The predicted molar refractivity (Wildman–Crippen MR) is 74.5 cm³/mol. The van der Waals surface area contributed by atoms with Crippen LogP contribution in [0.4, 0.5) is 13.2 Å². The first-order chi connectivity index (χ1) is 11.0. The van der Waals surface area contributed by atoms with E-state index >= 15 is 0 Å². The van der Waals surface area contributed by atoms with Gasteiger partial charge in [-0.25, -0.2) is 9.97 Å². The molecule has 0 saturated carbocycles. The van der Waals surface area contributed by atoms with E-state index in [1.165, 1.54) is 0 Å². The van der Waals surface area contributed by atoms with Crippen LogP contribution in [0.5, 0.6) is 0 Å². The maximum atomic E-state index is 12.6. The van der Waals surface area contributed by atoms with Gasteiger partial charge in [-0.3, -0.25) is 5.10 Å². The Morgan fingerprint density at radius 1 is 1.35 bits per heavy atom. The number of aromatic amines is 1. The van der Waals surface area contributed by atoms with Crippen molar-refractivity contribution in [2.24, 2.45) is 0 Å². The molecule has 0 bridgehead atoms. The lowest BCUT2D eigenvalue weighted by atomic mass is 10.1. The highest BCUT2D eigenvalue weighted by Gasteiger charge is 2.35. The number of H-pyrrole nitrogens is 1. The second kappa shape index (κ2) is 5.05. The molecule has 1 aliphatic heterocycles. The molecule has 4 rings (SSSR count). The zero-order valence-corrected chi connectivity index (χ0v) is 11.8. The van der Waals surface area contributed by atoms with Gasteiger partial charge in [0, 0.05) is 12.2 Å². The fraction of sp³-hybridized carbons (Fsp3) is 0.357. The van der Waals surface area contributed by atoms with E-state index in [1.807, 2.05) is 9.67 Å². The lowest BCUT2D eigenvalue weighted by molar-refractivity contribution is -0.144. The van der Waals surface area contributed by atoms with Gasteiger partial charge in [0.05, 0.1) is 30.0 Å². The van der Waals surface area contributed by atoms with Crippen molar-refractivity contribution in [3.05, 3.63) is 30.4 Å². The molecule has 1 saturated heterocycles. The summed E-state index contributed by atoms with van der Waals surface area (Å²) in [5.41, 5.74) is 2.06. The van der Waals surface area contributed by atoms with Crippen molar-refractivity contribution in [2.75, 3.05) is 6.61 Å². The second-order valence-electron chi connectivity index (χ2n) is 5.39. The van der Waals surface area contributed by atoms with E-state index in [2.05, 4.69) is 15.1 Å². The number of alkyl halides is 3. The standard InChI is InChI=1S/C14H12F3N5O/c15-14(16,17)13-19-12(20-21-13)8-1-2-11-10(5-8)18-7-22(11)6-9-3-4-23-9/h1-2,5,7,9H,3-4,6H2,(H,19,20,21)/t9-/m0/s1. The third-order valence-corrected chi connectivity index (χ3v) is 3.83. The Morgan fingerprint density at radius 3 is 2.83 bits per heavy atom. The van der Waals surface area contributed by atoms with Crippen LogP contribution >= 0.6 is 0 Å². The number of halogens is 3. The topological polar surface area (TPSA) is 68.6 Å². The van der Waals surface area contributed by atoms with Gasteiger partial charge in [0.25, 0.3) is 0 Å². The number of rotatable bonds is 3. The van der Waals surface area contributed by atoms with E-state index in [-0.39, 0.29) is 11.9 Å². The molecule has 9 heteroatoms. The Labute approximate surface area is 128 Å². The van der Waals surface area contributed by atoms with Gasteiger partial charge in [0.2, 0.25) is 5.82 Å². The quantitative estimate of drug-likeness (QED) is 0.804. The Kier molecular flexibility index (Phi) is 3.12. The minimum Gasteiger partial charge on any atom is -0.376 e. The van der Waals surface area contributed by atoms with Gasteiger partial charge in [-0.2, -0.15) is 18.3 Å². The normalized spacial score (nSPS) is 18.3. The number of imidazole rings is 1. The van der Waals surface area contributed by atoms with Crippen LogP contribution in [0.25, 0.3) is 22.4 Å². The lowest BCUT2D eigenvalue weighted by Crippen LogP contribution is -2.30. The summed E-state index contributed by atoms with van der Waals surface area (Å²) in [6.45, 7) is 1.50. The summed E-state index contributed by atoms with van der Waals surface area (Å²) in [4.78, 5) is 7.78. The molecule has 23 heavy (non-hydrogen) atoms. The van der Waals surface area contributed by atoms with Gasteiger partial charge in [-0.05, 0) is 24.6 Å². The number of hydrogen-bond acceptors (Lipinski definition) is 4. The molecule has 2 aromatic heterocycles. The highest BCUT2D eigenvalue weighted by Crippen LogP contribution is 2.28. The number of nitrogens with one attached hydrogen (secondary N) is 1. The smallest absolute Gasteiger partial charge is 0.376 e. The van der Waals surface area contributed by atoms with Crippen molar-refractivity contribution in [1.82, 2.24) is 24.7 Å². The average molecular weight is 323 g/mol. The summed E-state index contributed by atoms with van der Waals surface area (Å²) in [5, 5.41) is 5.54. The molecular formula is C14H12F3N5O. The van der Waals surface area contributed by atoms with Crippen molar-refractivity contribution in [2.45, 2.75) is 25.2 Å². The minimum absolute atomic E-state index is 0.00361. The highest BCUT2D eigenvalue weighted by atomic mass is 19.4. The number of fused-ring (bicyclic) bond motifs is 1.